The van der Waals surface area contributed by atoms with Gasteiger partial charge < -0.3 is 15.4 Å². The van der Waals surface area contributed by atoms with E-state index in [0.717, 1.165) is 16.9 Å². The monoisotopic (exact) mass is 369 g/mol. The van der Waals surface area contributed by atoms with Crippen LogP contribution in [-0.4, -0.2) is 45.1 Å². The first-order valence-electron chi connectivity index (χ1n) is 8.76. The molecule has 0 unspecified atom stereocenters. The smallest absolute Gasteiger partial charge is 0.191 e. The van der Waals surface area contributed by atoms with Crippen molar-refractivity contribution in [2.45, 2.75) is 47.3 Å². The third-order valence-corrected chi connectivity index (χ3v) is 5.19. The van der Waals surface area contributed by atoms with Crippen molar-refractivity contribution < 1.29 is 13.2 Å². The van der Waals surface area contributed by atoms with Gasteiger partial charge in [0.15, 0.2) is 15.8 Å². The van der Waals surface area contributed by atoms with Crippen molar-refractivity contribution in [3.05, 3.63) is 29.3 Å². The predicted octanol–water partition coefficient (Wildman–Crippen LogP) is 2.27. The maximum absolute atomic E-state index is 11.6. The van der Waals surface area contributed by atoms with Crippen molar-refractivity contribution in [3.63, 3.8) is 0 Å². The van der Waals surface area contributed by atoms with Crippen molar-refractivity contribution in [3.8, 4) is 5.75 Å². The Hall–Kier alpha value is -1.76. The van der Waals surface area contributed by atoms with Gasteiger partial charge in [-0.3, -0.25) is 0 Å². The summed E-state index contributed by atoms with van der Waals surface area (Å²) in [5.41, 5.74) is 2.14. The van der Waals surface area contributed by atoms with Gasteiger partial charge in [-0.2, -0.15) is 0 Å². The van der Waals surface area contributed by atoms with Crippen molar-refractivity contribution >= 4 is 15.8 Å². The van der Waals surface area contributed by atoms with Gasteiger partial charge >= 0.3 is 0 Å². The van der Waals surface area contributed by atoms with E-state index in [4.69, 9.17) is 4.74 Å². The van der Waals surface area contributed by atoms with Gasteiger partial charge in [-0.25, -0.2) is 13.4 Å². The zero-order chi connectivity index (χ0) is 18.9. The van der Waals surface area contributed by atoms with Crippen molar-refractivity contribution in [1.82, 2.24) is 10.6 Å². The number of ether oxygens (including phenoxy) is 1. The lowest BCUT2D eigenvalue weighted by atomic mass is 10.1. The Morgan fingerprint density at radius 1 is 1.24 bits per heavy atom. The Morgan fingerprint density at radius 3 is 2.56 bits per heavy atom. The highest BCUT2D eigenvalue weighted by molar-refractivity contribution is 7.91. The molecule has 0 saturated carbocycles. The van der Waals surface area contributed by atoms with E-state index in [1.165, 1.54) is 0 Å². The molecule has 0 aliphatic rings. The standard InChI is InChI=1S/C18H31N3O3S/c1-6-19-18(20-10-11-25(22,23)7-2)21-13-16-9-8-15(5)12-17(16)24-14(3)4/h8-9,12,14H,6-7,10-11,13H2,1-5H3,(H2,19,20,21). The number of aliphatic imine (C=N–C) groups is 1. The number of sulfone groups is 1. The van der Waals surface area contributed by atoms with Crippen LogP contribution >= 0.6 is 0 Å². The summed E-state index contributed by atoms with van der Waals surface area (Å²) in [4.78, 5) is 4.55. The molecule has 0 spiro atoms. The van der Waals surface area contributed by atoms with Gasteiger partial charge in [0.05, 0.1) is 18.4 Å². The molecule has 1 aromatic rings. The quantitative estimate of drug-likeness (QED) is 0.516. The average molecular weight is 370 g/mol. The summed E-state index contributed by atoms with van der Waals surface area (Å²) >= 11 is 0. The van der Waals surface area contributed by atoms with E-state index in [9.17, 15) is 8.42 Å². The first kappa shape index (κ1) is 21.3. The minimum absolute atomic E-state index is 0.0927. The number of nitrogens with one attached hydrogen (secondary N) is 2. The Kier molecular flexibility index (Phi) is 8.75. The van der Waals surface area contributed by atoms with Gasteiger partial charge in [0.1, 0.15) is 5.75 Å². The molecule has 0 saturated heterocycles. The molecule has 6 nitrogen and oxygen atoms in total. The summed E-state index contributed by atoms with van der Waals surface area (Å²) < 4.78 is 29.0. The zero-order valence-electron chi connectivity index (χ0n) is 15.9. The molecule has 0 aliphatic heterocycles. The van der Waals surface area contributed by atoms with Crippen LogP contribution in [0.5, 0.6) is 5.75 Å². The van der Waals surface area contributed by atoms with Crippen LogP contribution in [-0.2, 0) is 16.4 Å². The normalized spacial score (nSPS) is 12.3. The first-order valence-corrected chi connectivity index (χ1v) is 10.6. The predicted molar refractivity (Wildman–Crippen MR) is 104 cm³/mol. The molecule has 2 N–H and O–H groups in total. The number of hydrogen-bond donors (Lipinski definition) is 2. The van der Waals surface area contributed by atoms with Crippen LogP contribution in [0.1, 0.15) is 38.8 Å². The Morgan fingerprint density at radius 2 is 1.96 bits per heavy atom. The van der Waals surface area contributed by atoms with Gasteiger partial charge in [0.2, 0.25) is 0 Å². The summed E-state index contributed by atoms with van der Waals surface area (Å²) in [7, 11) is -2.99. The summed E-state index contributed by atoms with van der Waals surface area (Å²) in [6, 6.07) is 6.06. The Balaban J connectivity index is 2.80. The molecule has 0 fully saturated rings. The summed E-state index contributed by atoms with van der Waals surface area (Å²) in [6.45, 7) is 11.1. The number of hydrogen-bond acceptors (Lipinski definition) is 4. The molecule has 1 aromatic carbocycles. The Bertz CT molecular complexity index is 670. The van der Waals surface area contributed by atoms with Crippen molar-refractivity contribution in [2.75, 3.05) is 24.6 Å². The summed E-state index contributed by atoms with van der Waals surface area (Å²) in [6.07, 6.45) is 0.0927. The Labute approximate surface area is 152 Å². The van der Waals surface area contributed by atoms with E-state index in [1.54, 1.807) is 6.92 Å². The van der Waals surface area contributed by atoms with Crippen LogP contribution < -0.4 is 15.4 Å². The van der Waals surface area contributed by atoms with Gasteiger partial charge in [0, 0.05) is 24.4 Å². The lowest BCUT2D eigenvalue weighted by Gasteiger charge is -2.15. The molecule has 0 atom stereocenters. The van der Waals surface area contributed by atoms with E-state index in [2.05, 4.69) is 15.6 Å². The first-order chi connectivity index (χ1) is 11.8. The molecule has 0 amide bonds. The number of aryl methyl sites for hydroxylation is 1. The number of benzene rings is 1. The summed E-state index contributed by atoms with van der Waals surface area (Å²) in [5, 5.41) is 6.20. The number of guanidine groups is 1. The van der Waals surface area contributed by atoms with E-state index in [1.807, 2.05) is 45.9 Å². The van der Waals surface area contributed by atoms with Crippen LogP contribution in [0.4, 0.5) is 0 Å². The number of nitrogens with zero attached hydrogens (tertiary/aromatic N) is 1. The molecule has 1 rings (SSSR count). The highest BCUT2D eigenvalue weighted by Gasteiger charge is 2.09. The highest BCUT2D eigenvalue weighted by atomic mass is 32.2. The molecule has 142 valence electrons. The molecule has 0 bridgehead atoms. The molecular weight excluding hydrogens is 338 g/mol. The molecular formula is C18H31N3O3S. The largest absolute Gasteiger partial charge is 0.491 e. The lowest BCUT2D eigenvalue weighted by Crippen LogP contribution is -2.39. The number of rotatable bonds is 9. The van der Waals surface area contributed by atoms with Crippen LogP contribution in [0.2, 0.25) is 0 Å². The van der Waals surface area contributed by atoms with Crippen molar-refractivity contribution in [2.24, 2.45) is 4.99 Å². The third kappa shape index (κ3) is 8.25. The fourth-order valence-electron chi connectivity index (χ4n) is 2.13. The van der Waals surface area contributed by atoms with E-state index < -0.39 is 9.84 Å². The fraction of sp³-hybridized carbons (Fsp3) is 0.611. The van der Waals surface area contributed by atoms with E-state index in [0.29, 0.717) is 25.6 Å². The molecule has 0 heterocycles. The SMILES string of the molecule is CCNC(=NCc1ccc(C)cc1OC(C)C)NCCS(=O)(=O)CC. The topological polar surface area (TPSA) is 79.8 Å². The van der Waals surface area contributed by atoms with Crippen molar-refractivity contribution in [1.29, 1.82) is 0 Å². The van der Waals surface area contributed by atoms with E-state index in [-0.39, 0.29) is 17.6 Å². The molecule has 0 aliphatic carbocycles. The van der Waals surface area contributed by atoms with Gasteiger partial charge in [-0.1, -0.05) is 19.1 Å². The van der Waals surface area contributed by atoms with Gasteiger partial charge in [-0.15, -0.1) is 0 Å². The molecule has 0 radical (unpaired) electrons. The molecule has 0 aromatic heterocycles. The maximum atomic E-state index is 11.6. The van der Waals surface area contributed by atoms with Crippen LogP contribution in [0.25, 0.3) is 0 Å². The lowest BCUT2D eigenvalue weighted by molar-refractivity contribution is 0.240. The summed E-state index contributed by atoms with van der Waals surface area (Å²) in [5.74, 6) is 1.69. The minimum Gasteiger partial charge on any atom is -0.491 e. The third-order valence-electron chi connectivity index (χ3n) is 3.48. The fourth-order valence-corrected chi connectivity index (χ4v) is 2.83. The second-order valence-electron chi connectivity index (χ2n) is 6.14. The van der Waals surface area contributed by atoms with Gasteiger partial charge in [-0.05, 0) is 39.3 Å². The maximum Gasteiger partial charge on any atom is 0.191 e. The minimum atomic E-state index is -2.99. The zero-order valence-corrected chi connectivity index (χ0v) is 16.7. The second-order valence-corrected chi connectivity index (χ2v) is 8.61. The second kappa shape index (κ2) is 10.3. The van der Waals surface area contributed by atoms with Crippen LogP contribution in [0.15, 0.2) is 23.2 Å². The molecule has 25 heavy (non-hydrogen) atoms. The average Bonchev–Trinajstić information content (AvgIpc) is 2.53. The highest BCUT2D eigenvalue weighted by Crippen LogP contribution is 2.22. The van der Waals surface area contributed by atoms with E-state index >= 15 is 0 Å². The van der Waals surface area contributed by atoms with Crippen LogP contribution in [0.3, 0.4) is 0 Å². The van der Waals surface area contributed by atoms with Gasteiger partial charge in [0.25, 0.3) is 0 Å². The molecule has 7 heteroatoms. The van der Waals surface area contributed by atoms with Crippen LogP contribution in [0, 0.1) is 6.92 Å².